The smallest absolute Gasteiger partial charge is 0.339 e. The van der Waals surface area contributed by atoms with Crippen molar-refractivity contribution in [2.75, 3.05) is 6.61 Å². The Labute approximate surface area is 163 Å². The number of hydrogen-bond donors (Lipinski definition) is 2. The Morgan fingerprint density at radius 3 is 2.57 bits per heavy atom. The maximum absolute atomic E-state index is 13.2. The lowest BCUT2D eigenvalue weighted by Crippen LogP contribution is -2.52. The molecule has 28 heavy (non-hydrogen) atoms. The third-order valence-corrected chi connectivity index (χ3v) is 5.12. The summed E-state index contributed by atoms with van der Waals surface area (Å²) in [5, 5.41) is 12.0. The van der Waals surface area contributed by atoms with Gasteiger partial charge in [0.05, 0.1) is 11.0 Å². The molecule has 2 aromatic rings. The lowest BCUT2D eigenvalue weighted by Gasteiger charge is -2.27. The minimum absolute atomic E-state index is 0.434. The first-order valence-electron chi connectivity index (χ1n) is 9.50. The summed E-state index contributed by atoms with van der Waals surface area (Å²) in [4.78, 5) is 37.8. The highest BCUT2D eigenvalue weighted by Crippen LogP contribution is 2.27. The minimum atomic E-state index is -1.15. The number of nitrogens with one attached hydrogen (secondary N) is 1. The average molecular weight is 389 g/mol. The standard InChI is InChI=1S/C20H27N3O5/c1-12-8-7-9-13-15(12)23(14-10-5-6-11-28-14)19(27)22(13)18(26)21-16(17(24)25)20(2,3)4/h7-9,14,16H,5-6,10-11H2,1-4H3,(H,21,26)(H,24,25)/t14?,16-/m1/s1. The van der Waals surface area contributed by atoms with E-state index in [0.29, 0.717) is 24.1 Å². The highest BCUT2D eigenvalue weighted by molar-refractivity contribution is 5.92. The second-order valence-electron chi connectivity index (χ2n) is 8.34. The first-order chi connectivity index (χ1) is 13.1. The van der Waals surface area contributed by atoms with Crippen LogP contribution in [0.5, 0.6) is 0 Å². The SMILES string of the molecule is Cc1cccc2c1n(C1CCCCO1)c(=O)n2C(=O)N[C@H](C(=O)O)C(C)(C)C. The molecule has 1 amide bonds. The molecule has 2 heterocycles. The van der Waals surface area contributed by atoms with Crippen molar-refractivity contribution >= 4 is 23.0 Å². The molecule has 0 spiro atoms. The Bertz CT molecular complexity index is 961. The first-order valence-corrected chi connectivity index (χ1v) is 9.50. The highest BCUT2D eigenvalue weighted by atomic mass is 16.5. The van der Waals surface area contributed by atoms with Gasteiger partial charge in [0.2, 0.25) is 0 Å². The van der Waals surface area contributed by atoms with E-state index in [9.17, 15) is 19.5 Å². The van der Waals surface area contributed by atoms with Crippen molar-refractivity contribution in [3.8, 4) is 0 Å². The second kappa shape index (κ2) is 7.43. The van der Waals surface area contributed by atoms with Crippen LogP contribution in [0.25, 0.3) is 11.0 Å². The summed E-state index contributed by atoms with van der Waals surface area (Å²) in [6.45, 7) is 7.60. The number of para-hydroxylation sites is 1. The van der Waals surface area contributed by atoms with Gasteiger partial charge in [-0.1, -0.05) is 32.9 Å². The number of nitrogens with zero attached hydrogens (tertiary/aromatic N) is 2. The molecule has 1 aliphatic heterocycles. The topological polar surface area (TPSA) is 103 Å². The molecule has 1 aromatic carbocycles. The van der Waals surface area contributed by atoms with Gasteiger partial charge in [-0.15, -0.1) is 0 Å². The average Bonchev–Trinajstić information content (AvgIpc) is 2.92. The summed E-state index contributed by atoms with van der Waals surface area (Å²) in [5.74, 6) is -1.15. The Kier molecular flexibility index (Phi) is 5.34. The summed E-state index contributed by atoms with van der Waals surface area (Å²) >= 11 is 0. The number of benzene rings is 1. The van der Waals surface area contributed by atoms with E-state index < -0.39 is 35.4 Å². The fourth-order valence-electron chi connectivity index (χ4n) is 3.67. The largest absolute Gasteiger partial charge is 0.480 e. The van der Waals surface area contributed by atoms with Crippen LogP contribution in [0.2, 0.25) is 0 Å². The summed E-state index contributed by atoms with van der Waals surface area (Å²) in [7, 11) is 0. The molecule has 1 fully saturated rings. The fourth-order valence-corrected chi connectivity index (χ4v) is 3.67. The molecule has 1 unspecified atom stereocenters. The number of rotatable bonds is 3. The molecular formula is C20H27N3O5. The van der Waals surface area contributed by atoms with E-state index in [1.165, 1.54) is 4.57 Å². The number of ether oxygens (including phenoxy) is 1. The normalized spacial score (nSPS) is 18.8. The van der Waals surface area contributed by atoms with Crippen LogP contribution in [0.15, 0.2) is 23.0 Å². The van der Waals surface area contributed by atoms with Gasteiger partial charge in [0, 0.05) is 6.61 Å². The molecular weight excluding hydrogens is 362 g/mol. The van der Waals surface area contributed by atoms with E-state index in [-0.39, 0.29) is 0 Å². The van der Waals surface area contributed by atoms with Crippen LogP contribution in [0, 0.1) is 12.3 Å². The molecule has 1 aromatic heterocycles. The molecule has 8 nitrogen and oxygen atoms in total. The van der Waals surface area contributed by atoms with Crippen LogP contribution >= 0.6 is 0 Å². The number of carbonyl (C=O) groups excluding carboxylic acids is 1. The van der Waals surface area contributed by atoms with Crippen LogP contribution in [0.1, 0.15) is 51.8 Å². The molecule has 0 bridgehead atoms. The number of fused-ring (bicyclic) bond motifs is 1. The Hall–Kier alpha value is -2.61. The van der Waals surface area contributed by atoms with Gasteiger partial charge < -0.3 is 15.2 Å². The lowest BCUT2D eigenvalue weighted by molar-refractivity contribution is -0.141. The Balaban J connectivity index is 2.12. The van der Waals surface area contributed by atoms with Crippen LogP contribution in [0.4, 0.5) is 4.79 Å². The van der Waals surface area contributed by atoms with Gasteiger partial charge in [-0.25, -0.2) is 19.0 Å². The number of carboxylic acid groups (broad SMARTS) is 1. The second-order valence-corrected chi connectivity index (χ2v) is 8.34. The van der Waals surface area contributed by atoms with Gasteiger partial charge in [0.1, 0.15) is 12.3 Å². The molecule has 0 radical (unpaired) electrons. The van der Waals surface area contributed by atoms with E-state index in [1.54, 1.807) is 32.9 Å². The van der Waals surface area contributed by atoms with Crippen molar-refractivity contribution in [2.24, 2.45) is 5.41 Å². The number of imidazole rings is 1. The summed E-state index contributed by atoms with van der Waals surface area (Å²) < 4.78 is 8.34. The number of hydrogen-bond acceptors (Lipinski definition) is 4. The molecule has 0 saturated carbocycles. The molecule has 2 atom stereocenters. The van der Waals surface area contributed by atoms with E-state index in [0.717, 1.165) is 23.0 Å². The fraction of sp³-hybridized carbons (Fsp3) is 0.550. The predicted molar refractivity (Wildman–Crippen MR) is 105 cm³/mol. The number of aliphatic carboxylic acids is 1. The van der Waals surface area contributed by atoms with Gasteiger partial charge in [0.25, 0.3) is 0 Å². The predicted octanol–water partition coefficient (Wildman–Crippen LogP) is 2.87. The quantitative estimate of drug-likeness (QED) is 0.840. The summed E-state index contributed by atoms with van der Waals surface area (Å²) in [6.07, 6.45) is 2.13. The molecule has 8 heteroatoms. The number of amides is 1. The van der Waals surface area contributed by atoms with Gasteiger partial charge in [-0.05, 0) is 43.2 Å². The van der Waals surface area contributed by atoms with Gasteiger partial charge >= 0.3 is 17.7 Å². The number of carbonyl (C=O) groups is 2. The molecule has 0 aliphatic carbocycles. The zero-order valence-electron chi connectivity index (χ0n) is 16.7. The first kappa shape index (κ1) is 20.1. The van der Waals surface area contributed by atoms with Crippen LogP contribution in [0.3, 0.4) is 0 Å². The zero-order valence-corrected chi connectivity index (χ0v) is 16.7. The number of aryl methyl sites for hydroxylation is 1. The van der Waals surface area contributed by atoms with Crippen molar-refractivity contribution in [3.05, 3.63) is 34.2 Å². The highest BCUT2D eigenvalue weighted by Gasteiger charge is 2.34. The van der Waals surface area contributed by atoms with Gasteiger partial charge in [-0.3, -0.25) is 4.57 Å². The summed E-state index contributed by atoms with van der Waals surface area (Å²) in [6, 6.07) is 3.44. The van der Waals surface area contributed by atoms with Crippen molar-refractivity contribution in [3.63, 3.8) is 0 Å². The summed E-state index contributed by atoms with van der Waals surface area (Å²) in [5.41, 5.74) is 0.686. The van der Waals surface area contributed by atoms with Crippen LogP contribution < -0.4 is 11.0 Å². The van der Waals surface area contributed by atoms with Gasteiger partial charge in [0.15, 0.2) is 0 Å². The Morgan fingerprint density at radius 1 is 1.29 bits per heavy atom. The maximum Gasteiger partial charge on any atom is 0.339 e. The third kappa shape index (κ3) is 3.56. The Morgan fingerprint density at radius 2 is 2.00 bits per heavy atom. The molecule has 1 aliphatic rings. The van der Waals surface area contributed by atoms with E-state index in [4.69, 9.17) is 4.74 Å². The molecule has 152 valence electrons. The van der Waals surface area contributed by atoms with E-state index >= 15 is 0 Å². The van der Waals surface area contributed by atoms with Gasteiger partial charge in [-0.2, -0.15) is 0 Å². The van der Waals surface area contributed by atoms with Crippen molar-refractivity contribution < 1.29 is 19.4 Å². The lowest BCUT2D eigenvalue weighted by atomic mass is 9.87. The maximum atomic E-state index is 13.2. The van der Waals surface area contributed by atoms with E-state index in [1.807, 2.05) is 13.0 Å². The molecule has 3 rings (SSSR count). The zero-order chi connectivity index (χ0) is 20.6. The number of aromatic nitrogens is 2. The monoisotopic (exact) mass is 389 g/mol. The number of carboxylic acids is 1. The van der Waals surface area contributed by atoms with Crippen LogP contribution in [-0.2, 0) is 9.53 Å². The van der Waals surface area contributed by atoms with Crippen LogP contribution in [-0.4, -0.2) is 38.9 Å². The van der Waals surface area contributed by atoms with Crippen molar-refractivity contribution in [1.82, 2.24) is 14.5 Å². The van der Waals surface area contributed by atoms with Crippen molar-refractivity contribution in [1.29, 1.82) is 0 Å². The van der Waals surface area contributed by atoms with E-state index in [2.05, 4.69) is 5.32 Å². The third-order valence-electron chi connectivity index (χ3n) is 5.12. The molecule has 1 saturated heterocycles. The molecule has 2 N–H and O–H groups in total. The van der Waals surface area contributed by atoms with Crippen molar-refractivity contribution in [2.45, 2.75) is 59.2 Å². The minimum Gasteiger partial charge on any atom is -0.480 e.